The Morgan fingerprint density at radius 1 is 0.750 bits per heavy atom. The summed E-state index contributed by atoms with van der Waals surface area (Å²) in [6.45, 7) is 2.29. The van der Waals surface area contributed by atoms with E-state index in [-0.39, 0.29) is 53.7 Å². The van der Waals surface area contributed by atoms with E-state index in [2.05, 4.69) is 6.92 Å². The van der Waals surface area contributed by atoms with E-state index in [9.17, 15) is 22.6 Å². The topological polar surface area (TPSA) is 110 Å². The second-order valence-corrected chi connectivity index (χ2v) is 9.14. The standard InChI is InChI=1S/C23H36O7S.Na/c1-2-3-4-5-6-7-8-9-10-13-17-29-22(24)20-15-11-12-16-21(20)23(25)30-18-14-19-31(26,27)28;/h11-12,15-16H,2-10,13-14,17-19H2,1H3,(H,26,27,28);/q;+1/p-1. The maximum atomic E-state index is 12.3. The Labute approximate surface area is 214 Å². The van der Waals surface area contributed by atoms with Crippen LogP contribution in [0.1, 0.15) is 98.3 Å². The summed E-state index contributed by atoms with van der Waals surface area (Å²) in [7, 11) is -4.35. The molecule has 0 unspecified atom stereocenters. The van der Waals surface area contributed by atoms with Gasteiger partial charge in [-0.25, -0.2) is 18.0 Å². The van der Waals surface area contributed by atoms with Crippen LogP contribution in [0.3, 0.4) is 0 Å². The number of hydrogen-bond acceptors (Lipinski definition) is 7. The molecule has 0 bridgehead atoms. The summed E-state index contributed by atoms with van der Waals surface area (Å²) in [6, 6.07) is 6.15. The van der Waals surface area contributed by atoms with Crippen molar-refractivity contribution in [1.82, 2.24) is 0 Å². The summed E-state index contributed by atoms with van der Waals surface area (Å²) in [5.74, 6) is -1.96. The van der Waals surface area contributed by atoms with Crippen molar-refractivity contribution in [3.8, 4) is 0 Å². The average molecular weight is 479 g/mol. The van der Waals surface area contributed by atoms with Crippen molar-refractivity contribution in [2.75, 3.05) is 19.0 Å². The normalized spacial score (nSPS) is 10.9. The van der Waals surface area contributed by atoms with Crippen LogP contribution in [0.5, 0.6) is 0 Å². The van der Waals surface area contributed by atoms with Gasteiger partial charge in [-0.3, -0.25) is 0 Å². The third kappa shape index (κ3) is 15.0. The first-order valence-corrected chi connectivity index (χ1v) is 12.8. The van der Waals surface area contributed by atoms with Crippen LogP contribution in [0, 0.1) is 0 Å². The van der Waals surface area contributed by atoms with E-state index in [1.807, 2.05) is 0 Å². The molecule has 0 spiro atoms. The molecule has 0 saturated heterocycles. The molecule has 0 saturated carbocycles. The van der Waals surface area contributed by atoms with Crippen molar-refractivity contribution in [2.24, 2.45) is 0 Å². The largest absolute Gasteiger partial charge is 1.00 e. The molecule has 32 heavy (non-hydrogen) atoms. The van der Waals surface area contributed by atoms with Gasteiger partial charge in [-0.2, -0.15) is 0 Å². The van der Waals surface area contributed by atoms with Crippen LogP contribution < -0.4 is 29.6 Å². The van der Waals surface area contributed by atoms with E-state index in [0.717, 1.165) is 19.3 Å². The van der Waals surface area contributed by atoms with E-state index in [1.54, 1.807) is 12.1 Å². The van der Waals surface area contributed by atoms with E-state index in [1.165, 1.54) is 57.1 Å². The van der Waals surface area contributed by atoms with Crippen molar-refractivity contribution in [2.45, 2.75) is 77.6 Å². The Kier molecular flexibility index (Phi) is 18.0. The Hall–Kier alpha value is -0.930. The van der Waals surface area contributed by atoms with E-state index in [0.29, 0.717) is 6.61 Å². The summed E-state index contributed by atoms with van der Waals surface area (Å²) in [5, 5.41) is 0. The summed E-state index contributed by atoms with van der Waals surface area (Å²) in [6.07, 6.45) is 11.7. The van der Waals surface area contributed by atoms with Crippen LogP contribution >= 0.6 is 0 Å². The molecule has 7 nitrogen and oxygen atoms in total. The van der Waals surface area contributed by atoms with Crippen molar-refractivity contribution in [3.05, 3.63) is 35.4 Å². The van der Waals surface area contributed by atoms with Gasteiger partial charge in [0, 0.05) is 5.75 Å². The zero-order valence-corrected chi connectivity index (χ0v) is 22.3. The molecule has 9 heteroatoms. The summed E-state index contributed by atoms with van der Waals surface area (Å²) in [4.78, 5) is 24.5. The smallest absolute Gasteiger partial charge is 0.748 e. The second-order valence-electron chi connectivity index (χ2n) is 7.61. The Morgan fingerprint density at radius 2 is 1.16 bits per heavy atom. The molecule has 1 aromatic rings. The molecule has 0 N–H and O–H groups in total. The summed E-state index contributed by atoms with van der Waals surface area (Å²) in [5.41, 5.74) is 0.163. The number of carbonyl (C=O) groups excluding carboxylic acids is 2. The van der Waals surface area contributed by atoms with Crippen LogP contribution in [0.25, 0.3) is 0 Å². The van der Waals surface area contributed by atoms with Crippen LogP contribution in [0.2, 0.25) is 0 Å². The number of rotatable bonds is 17. The van der Waals surface area contributed by atoms with Crippen LogP contribution in [-0.4, -0.2) is 43.9 Å². The second kappa shape index (κ2) is 18.5. The Balaban J connectivity index is 0.00000961. The van der Waals surface area contributed by atoms with Gasteiger partial charge in [0.25, 0.3) is 0 Å². The first kappa shape index (κ1) is 31.1. The first-order valence-electron chi connectivity index (χ1n) is 11.2. The van der Waals surface area contributed by atoms with E-state index < -0.39 is 27.8 Å². The number of hydrogen-bond donors (Lipinski definition) is 0. The van der Waals surface area contributed by atoms with Gasteiger partial charge in [0.05, 0.1) is 34.5 Å². The van der Waals surface area contributed by atoms with Gasteiger partial charge in [0.15, 0.2) is 0 Å². The van der Waals surface area contributed by atoms with Gasteiger partial charge >= 0.3 is 41.5 Å². The molecule has 0 aromatic heterocycles. The molecule has 0 radical (unpaired) electrons. The van der Waals surface area contributed by atoms with Gasteiger partial charge in [0.2, 0.25) is 0 Å². The van der Waals surface area contributed by atoms with Crippen molar-refractivity contribution in [1.29, 1.82) is 0 Å². The molecule has 0 amide bonds. The molecular formula is C23H35NaO7S. The summed E-state index contributed by atoms with van der Waals surface area (Å²) < 4.78 is 42.0. The van der Waals surface area contributed by atoms with Crippen LogP contribution in [0.4, 0.5) is 0 Å². The van der Waals surface area contributed by atoms with Crippen molar-refractivity contribution in [3.63, 3.8) is 0 Å². The Bertz CT molecular complexity index is 765. The minimum atomic E-state index is -4.35. The average Bonchev–Trinajstić information content (AvgIpc) is 2.74. The van der Waals surface area contributed by atoms with Gasteiger partial charge in [-0.1, -0.05) is 76.8 Å². The monoisotopic (exact) mass is 478 g/mol. The quantitative estimate of drug-likeness (QED) is 0.145. The molecule has 176 valence electrons. The fourth-order valence-electron chi connectivity index (χ4n) is 3.15. The number of unbranched alkanes of at least 4 members (excludes halogenated alkanes) is 9. The molecule has 0 atom stereocenters. The third-order valence-corrected chi connectivity index (χ3v) is 5.66. The summed E-state index contributed by atoms with van der Waals surface area (Å²) >= 11 is 0. The third-order valence-electron chi connectivity index (χ3n) is 4.87. The molecule has 0 heterocycles. The minimum absolute atomic E-state index is 0. The predicted octanol–water partition coefficient (Wildman–Crippen LogP) is 1.86. The fraction of sp³-hybridized carbons (Fsp3) is 0.652. The van der Waals surface area contributed by atoms with Gasteiger partial charge < -0.3 is 14.0 Å². The predicted molar refractivity (Wildman–Crippen MR) is 118 cm³/mol. The first-order chi connectivity index (χ1) is 14.8. The van der Waals surface area contributed by atoms with Crippen molar-refractivity contribution >= 4 is 22.1 Å². The maximum Gasteiger partial charge on any atom is 1.00 e. The molecular weight excluding hydrogens is 443 g/mol. The van der Waals surface area contributed by atoms with Gasteiger partial charge in [-0.05, 0) is 25.0 Å². The molecule has 0 aliphatic rings. The zero-order valence-electron chi connectivity index (χ0n) is 19.5. The fourth-order valence-corrected chi connectivity index (χ4v) is 3.62. The number of esters is 2. The Morgan fingerprint density at radius 3 is 1.59 bits per heavy atom. The molecule has 0 aliphatic carbocycles. The maximum absolute atomic E-state index is 12.3. The molecule has 0 aliphatic heterocycles. The van der Waals surface area contributed by atoms with Crippen LogP contribution in [-0.2, 0) is 19.6 Å². The van der Waals surface area contributed by atoms with E-state index in [4.69, 9.17) is 9.47 Å². The zero-order chi connectivity index (χ0) is 23.0. The van der Waals surface area contributed by atoms with Crippen molar-refractivity contribution < 1.29 is 61.6 Å². The molecule has 0 fully saturated rings. The van der Waals surface area contributed by atoms with Gasteiger partial charge in [-0.15, -0.1) is 0 Å². The SMILES string of the molecule is CCCCCCCCCCCCOC(=O)c1ccccc1C(=O)OCCCS(=O)(=O)[O-].[Na+]. The number of benzene rings is 1. The number of ether oxygens (including phenoxy) is 2. The number of carbonyl (C=O) groups is 2. The minimum Gasteiger partial charge on any atom is -0.748 e. The van der Waals surface area contributed by atoms with Gasteiger partial charge in [0.1, 0.15) is 0 Å². The van der Waals surface area contributed by atoms with Crippen LogP contribution in [0.15, 0.2) is 24.3 Å². The van der Waals surface area contributed by atoms with E-state index >= 15 is 0 Å². The molecule has 1 rings (SSSR count). The molecule has 1 aromatic carbocycles.